The molecule has 2 aromatic heterocycles. The maximum atomic E-state index is 5.59. The monoisotopic (exact) mass is 348 g/mol. The highest BCUT2D eigenvalue weighted by Crippen LogP contribution is 2.22. The third-order valence-corrected chi connectivity index (χ3v) is 4.57. The molecule has 0 saturated carbocycles. The van der Waals surface area contributed by atoms with E-state index in [0.717, 1.165) is 17.2 Å². The lowest BCUT2D eigenvalue weighted by Crippen LogP contribution is -3.07. The van der Waals surface area contributed by atoms with Crippen LogP contribution in [0.4, 0.5) is 0 Å². The lowest BCUT2D eigenvalue weighted by molar-refractivity contribution is -0.917. The van der Waals surface area contributed by atoms with Gasteiger partial charge in [-0.25, -0.2) is 0 Å². The van der Waals surface area contributed by atoms with Gasteiger partial charge in [-0.15, -0.1) is 16.4 Å². The van der Waals surface area contributed by atoms with Crippen molar-refractivity contribution in [3.8, 4) is 16.5 Å². The minimum atomic E-state index is 0.405. The van der Waals surface area contributed by atoms with Crippen LogP contribution in [0.15, 0.2) is 46.2 Å². The lowest BCUT2D eigenvalue weighted by Gasteiger charge is -2.13. The van der Waals surface area contributed by atoms with E-state index in [4.69, 9.17) is 21.4 Å². The molecule has 2 heterocycles. The first-order valence-corrected chi connectivity index (χ1v) is 8.50. The quantitative estimate of drug-likeness (QED) is 0.696. The van der Waals surface area contributed by atoms with Crippen molar-refractivity contribution in [3.05, 3.63) is 52.2 Å². The summed E-state index contributed by atoms with van der Waals surface area (Å²) in [5, 5.41) is 6.47. The molecule has 1 aromatic carbocycles. The van der Waals surface area contributed by atoms with E-state index in [-0.39, 0.29) is 0 Å². The number of ether oxygens (including phenoxy) is 1. The zero-order valence-corrected chi connectivity index (χ0v) is 14.6. The summed E-state index contributed by atoms with van der Waals surface area (Å²) in [6.07, 6.45) is 0. The van der Waals surface area contributed by atoms with Crippen LogP contribution >= 0.6 is 23.6 Å². The first kappa shape index (κ1) is 15.9. The fraction of sp³-hybridized carbons (Fsp3) is 0.250. The molecule has 0 fully saturated rings. The molecular formula is C16H18N3O2S2+. The Kier molecular flexibility index (Phi) is 4.90. The number of rotatable bonds is 6. The van der Waals surface area contributed by atoms with Gasteiger partial charge in [-0.1, -0.05) is 6.07 Å². The molecule has 120 valence electrons. The number of nitrogens with one attached hydrogen (secondary N) is 1. The molecule has 0 saturated heterocycles. The highest BCUT2D eigenvalue weighted by molar-refractivity contribution is 7.71. The van der Waals surface area contributed by atoms with Crippen LogP contribution in [0.25, 0.3) is 10.8 Å². The van der Waals surface area contributed by atoms with E-state index in [9.17, 15) is 0 Å². The number of quaternary nitrogens is 1. The van der Waals surface area contributed by atoms with Gasteiger partial charge in [-0.2, -0.15) is 4.68 Å². The molecule has 0 bridgehead atoms. The van der Waals surface area contributed by atoms with E-state index in [0.29, 0.717) is 17.4 Å². The van der Waals surface area contributed by atoms with Crippen LogP contribution < -0.4 is 9.64 Å². The number of methoxy groups -OCH3 is 1. The van der Waals surface area contributed by atoms with Gasteiger partial charge >= 0.3 is 0 Å². The third kappa shape index (κ3) is 3.87. The van der Waals surface area contributed by atoms with Crippen molar-refractivity contribution in [1.82, 2.24) is 9.78 Å². The maximum absolute atomic E-state index is 5.59. The van der Waals surface area contributed by atoms with Crippen LogP contribution in [-0.4, -0.2) is 23.9 Å². The molecule has 0 spiro atoms. The second kappa shape index (κ2) is 7.08. The normalized spacial score (nSPS) is 12.3. The number of aromatic nitrogens is 2. The van der Waals surface area contributed by atoms with Crippen molar-refractivity contribution in [1.29, 1.82) is 0 Å². The summed E-state index contributed by atoms with van der Waals surface area (Å²) in [7, 11) is 3.77. The average Bonchev–Trinajstić information content (AvgIpc) is 3.18. The van der Waals surface area contributed by atoms with Crippen molar-refractivity contribution in [2.24, 2.45) is 0 Å². The highest BCUT2D eigenvalue weighted by Gasteiger charge is 2.12. The molecule has 5 nitrogen and oxygen atoms in total. The molecule has 0 aliphatic heterocycles. The molecule has 3 rings (SSSR count). The first-order valence-electron chi connectivity index (χ1n) is 7.22. The molecule has 23 heavy (non-hydrogen) atoms. The molecule has 1 N–H and O–H groups in total. The van der Waals surface area contributed by atoms with Crippen molar-refractivity contribution in [2.45, 2.75) is 13.2 Å². The molecule has 0 radical (unpaired) electrons. The fourth-order valence-electron chi connectivity index (χ4n) is 2.31. The summed E-state index contributed by atoms with van der Waals surface area (Å²) < 4.78 is 12.5. The summed E-state index contributed by atoms with van der Waals surface area (Å²) in [5.74, 6) is 1.45. The Bertz CT molecular complexity index is 807. The van der Waals surface area contributed by atoms with Gasteiger partial charge in [0.15, 0.2) is 6.67 Å². The predicted molar refractivity (Wildman–Crippen MR) is 92.2 cm³/mol. The highest BCUT2D eigenvalue weighted by atomic mass is 32.1. The Morgan fingerprint density at radius 3 is 2.74 bits per heavy atom. The summed E-state index contributed by atoms with van der Waals surface area (Å²) in [4.78, 5) is 2.66. The van der Waals surface area contributed by atoms with E-state index >= 15 is 0 Å². The molecule has 1 atom stereocenters. The fourth-order valence-corrected chi connectivity index (χ4v) is 3.14. The minimum Gasteiger partial charge on any atom is -0.497 e. The number of hydrogen-bond donors (Lipinski definition) is 1. The second-order valence-electron chi connectivity index (χ2n) is 5.29. The van der Waals surface area contributed by atoms with Crippen molar-refractivity contribution >= 4 is 23.6 Å². The molecule has 0 amide bonds. The van der Waals surface area contributed by atoms with Crippen LogP contribution in [0.5, 0.6) is 5.75 Å². The van der Waals surface area contributed by atoms with E-state index < -0.39 is 0 Å². The maximum Gasteiger partial charge on any atom is 0.292 e. The summed E-state index contributed by atoms with van der Waals surface area (Å²) >= 11 is 6.86. The van der Waals surface area contributed by atoms with Crippen molar-refractivity contribution in [3.63, 3.8) is 0 Å². The zero-order valence-electron chi connectivity index (χ0n) is 13.0. The van der Waals surface area contributed by atoms with Crippen LogP contribution in [0, 0.1) is 4.84 Å². The third-order valence-electron chi connectivity index (χ3n) is 3.42. The van der Waals surface area contributed by atoms with E-state index in [2.05, 4.69) is 24.3 Å². The van der Waals surface area contributed by atoms with Gasteiger partial charge in [0.2, 0.25) is 0 Å². The van der Waals surface area contributed by atoms with Gasteiger partial charge in [0.05, 0.1) is 19.0 Å². The van der Waals surface area contributed by atoms with Crippen LogP contribution in [0.2, 0.25) is 0 Å². The standard InChI is InChI=1S/C16H17N3O2S2/c1-18(10-12-5-7-13(20-2)8-6-12)11-19-16(22)21-15(17-19)14-4-3-9-23-14/h3-9H,10-11H2,1-2H3/p+1. The zero-order chi connectivity index (χ0) is 16.2. The molecule has 1 unspecified atom stereocenters. The van der Waals surface area contributed by atoms with Gasteiger partial charge in [0.1, 0.15) is 12.3 Å². The van der Waals surface area contributed by atoms with Crippen molar-refractivity contribution in [2.75, 3.05) is 14.2 Å². The van der Waals surface area contributed by atoms with Crippen LogP contribution in [0.3, 0.4) is 0 Å². The molecule has 0 aliphatic rings. The Morgan fingerprint density at radius 1 is 1.30 bits per heavy atom. The van der Waals surface area contributed by atoms with Gasteiger partial charge in [0.25, 0.3) is 10.7 Å². The van der Waals surface area contributed by atoms with Gasteiger partial charge in [-0.3, -0.25) is 0 Å². The number of benzene rings is 1. The second-order valence-corrected chi connectivity index (χ2v) is 6.59. The molecule has 3 aromatic rings. The van der Waals surface area contributed by atoms with E-state index in [1.165, 1.54) is 10.5 Å². The van der Waals surface area contributed by atoms with Crippen molar-refractivity contribution < 1.29 is 14.1 Å². The minimum absolute atomic E-state index is 0.405. The van der Waals surface area contributed by atoms with Gasteiger partial charge in [0, 0.05) is 5.56 Å². The van der Waals surface area contributed by atoms with Crippen LogP contribution in [-0.2, 0) is 13.2 Å². The van der Waals surface area contributed by atoms with E-state index in [1.54, 1.807) is 23.1 Å². The van der Waals surface area contributed by atoms with Gasteiger partial charge < -0.3 is 14.1 Å². The topological polar surface area (TPSA) is 44.6 Å². The summed E-state index contributed by atoms with van der Waals surface area (Å²) in [6.45, 7) is 1.52. The Labute approximate surface area is 143 Å². The Hall–Kier alpha value is -1.96. The predicted octanol–water partition coefficient (Wildman–Crippen LogP) is 2.62. The molecule has 0 aliphatic carbocycles. The largest absolute Gasteiger partial charge is 0.497 e. The average molecular weight is 348 g/mol. The Balaban J connectivity index is 1.67. The van der Waals surface area contributed by atoms with Crippen LogP contribution in [0.1, 0.15) is 5.56 Å². The lowest BCUT2D eigenvalue weighted by atomic mass is 10.2. The first-order chi connectivity index (χ1) is 11.2. The molecule has 7 heteroatoms. The van der Waals surface area contributed by atoms with Gasteiger partial charge in [-0.05, 0) is 47.9 Å². The molecular weight excluding hydrogens is 330 g/mol. The number of hydrogen-bond acceptors (Lipinski definition) is 5. The smallest absolute Gasteiger partial charge is 0.292 e. The summed E-state index contributed by atoms with van der Waals surface area (Å²) in [6, 6.07) is 12.0. The Morgan fingerprint density at radius 2 is 2.09 bits per heavy atom. The summed E-state index contributed by atoms with van der Waals surface area (Å²) in [5.41, 5.74) is 1.23. The number of thiophene rings is 1. The SMILES string of the molecule is COc1ccc(C[NH+](C)Cn2nc(-c3cccs3)oc2=S)cc1. The number of nitrogens with zero attached hydrogens (tertiary/aromatic N) is 2. The van der Waals surface area contributed by atoms with E-state index in [1.807, 2.05) is 29.6 Å².